The van der Waals surface area contributed by atoms with Gasteiger partial charge in [0, 0.05) is 11.8 Å². The van der Waals surface area contributed by atoms with Gasteiger partial charge in [-0.3, -0.25) is 14.5 Å². The van der Waals surface area contributed by atoms with Gasteiger partial charge in [-0.25, -0.2) is 0 Å². The molecule has 2 aromatic rings. The molecule has 0 fully saturated rings. The number of nitrogens with zero attached hydrogens (tertiary/aromatic N) is 3. The molecule has 3 rings (SSSR count). The van der Waals surface area contributed by atoms with Crippen LogP contribution in [0, 0.1) is 10.1 Å². The van der Waals surface area contributed by atoms with Crippen LogP contribution >= 0.6 is 0 Å². The molecule has 2 atom stereocenters. The summed E-state index contributed by atoms with van der Waals surface area (Å²) in [6, 6.07) is 9.00. The fourth-order valence-corrected chi connectivity index (χ4v) is 2.90. The maximum Gasteiger partial charge on any atom is 0.366 e. The van der Waals surface area contributed by atoms with Crippen molar-refractivity contribution in [3.63, 3.8) is 0 Å². The second-order valence-corrected chi connectivity index (χ2v) is 6.43. The maximum absolute atomic E-state index is 12.7. The number of ether oxygens (including phenoxy) is 1. The molecule has 2 amide bonds. The van der Waals surface area contributed by atoms with Gasteiger partial charge in [0.25, 0.3) is 11.7 Å². The van der Waals surface area contributed by atoms with E-state index < -0.39 is 34.7 Å². The number of fused-ring (bicyclic) bond motifs is 1. The third-order valence-corrected chi connectivity index (χ3v) is 4.53. The SMILES string of the molecule is CCc1ccc(NC(=O)C(C)N2C(=O)C(C)Oc3ccc([N+](=O)[O-])nc32)cc1. The van der Waals surface area contributed by atoms with Gasteiger partial charge in [-0.1, -0.05) is 19.1 Å². The van der Waals surface area contributed by atoms with Gasteiger partial charge < -0.3 is 20.2 Å². The summed E-state index contributed by atoms with van der Waals surface area (Å²) in [6.45, 7) is 5.12. The molecular weight excluding hydrogens is 364 g/mol. The molecule has 9 nitrogen and oxygen atoms in total. The molecular formula is C19H20N4O5. The Kier molecular flexibility index (Phi) is 5.25. The largest absolute Gasteiger partial charge is 0.475 e. The molecule has 0 aliphatic carbocycles. The molecule has 1 aromatic heterocycles. The third kappa shape index (κ3) is 3.64. The molecule has 1 aliphatic heterocycles. The van der Waals surface area contributed by atoms with Crippen molar-refractivity contribution in [3.8, 4) is 5.75 Å². The number of benzene rings is 1. The van der Waals surface area contributed by atoms with Crippen LogP contribution in [0.3, 0.4) is 0 Å². The van der Waals surface area contributed by atoms with E-state index in [2.05, 4.69) is 10.3 Å². The minimum absolute atomic E-state index is 0.0405. The molecule has 0 saturated carbocycles. The number of hydrogen-bond acceptors (Lipinski definition) is 6. The zero-order valence-electron chi connectivity index (χ0n) is 15.7. The van der Waals surface area contributed by atoms with E-state index in [4.69, 9.17) is 4.74 Å². The maximum atomic E-state index is 12.7. The second kappa shape index (κ2) is 7.63. The van der Waals surface area contributed by atoms with E-state index in [0.717, 1.165) is 16.9 Å². The third-order valence-electron chi connectivity index (χ3n) is 4.53. The minimum Gasteiger partial charge on any atom is -0.475 e. The number of anilines is 2. The van der Waals surface area contributed by atoms with Gasteiger partial charge in [0.15, 0.2) is 11.9 Å². The molecule has 1 aliphatic rings. The number of carbonyl (C=O) groups excluding carboxylic acids is 2. The number of nitrogens with one attached hydrogen (secondary N) is 1. The summed E-state index contributed by atoms with van der Waals surface area (Å²) in [6.07, 6.45) is 0.0429. The molecule has 0 bridgehead atoms. The van der Waals surface area contributed by atoms with Crippen LogP contribution in [0.15, 0.2) is 36.4 Å². The van der Waals surface area contributed by atoms with E-state index in [9.17, 15) is 19.7 Å². The number of carbonyl (C=O) groups is 2. The highest BCUT2D eigenvalue weighted by Crippen LogP contribution is 2.35. The highest BCUT2D eigenvalue weighted by molar-refractivity contribution is 6.07. The highest BCUT2D eigenvalue weighted by Gasteiger charge is 2.41. The molecule has 1 N–H and O–H groups in total. The van der Waals surface area contributed by atoms with Crippen LogP contribution in [0.25, 0.3) is 0 Å². The summed E-state index contributed by atoms with van der Waals surface area (Å²) in [5.74, 6) is -1.20. The van der Waals surface area contributed by atoms with E-state index in [1.807, 2.05) is 19.1 Å². The molecule has 9 heteroatoms. The number of rotatable bonds is 5. The average molecular weight is 384 g/mol. The van der Waals surface area contributed by atoms with Crippen molar-refractivity contribution in [2.24, 2.45) is 0 Å². The lowest BCUT2D eigenvalue weighted by Gasteiger charge is -2.32. The monoisotopic (exact) mass is 384 g/mol. The second-order valence-electron chi connectivity index (χ2n) is 6.43. The van der Waals surface area contributed by atoms with Crippen molar-refractivity contribution in [1.29, 1.82) is 0 Å². The molecule has 1 aromatic carbocycles. The van der Waals surface area contributed by atoms with Crippen molar-refractivity contribution in [2.75, 3.05) is 10.2 Å². The topological polar surface area (TPSA) is 115 Å². The van der Waals surface area contributed by atoms with E-state index >= 15 is 0 Å². The van der Waals surface area contributed by atoms with Gasteiger partial charge >= 0.3 is 5.82 Å². The van der Waals surface area contributed by atoms with E-state index in [-0.39, 0.29) is 11.6 Å². The summed E-state index contributed by atoms with van der Waals surface area (Å²) in [5.41, 5.74) is 1.73. The number of hydrogen-bond donors (Lipinski definition) is 1. The first kappa shape index (κ1) is 19.3. The van der Waals surface area contributed by atoms with Crippen LogP contribution in [0.2, 0.25) is 0 Å². The Bertz CT molecular complexity index is 928. The summed E-state index contributed by atoms with van der Waals surface area (Å²) in [7, 11) is 0. The normalized spacial score (nSPS) is 16.8. The fraction of sp³-hybridized carbons (Fsp3) is 0.316. The summed E-state index contributed by atoms with van der Waals surface area (Å²) >= 11 is 0. The molecule has 0 spiro atoms. The van der Waals surface area contributed by atoms with Gasteiger partial charge in [0.2, 0.25) is 5.91 Å². The van der Waals surface area contributed by atoms with E-state index in [0.29, 0.717) is 5.69 Å². The molecule has 2 heterocycles. The lowest BCUT2D eigenvalue weighted by atomic mass is 10.1. The van der Waals surface area contributed by atoms with Crippen LogP contribution < -0.4 is 15.0 Å². The van der Waals surface area contributed by atoms with Crippen LogP contribution in [0.5, 0.6) is 5.75 Å². The van der Waals surface area contributed by atoms with Crippen molar-refractivity contribution in [1.82, 2.24) is 4.98 Å². The highest BCUT2D eigenvalue weighted by atomic mass is 16.6. The summed E-state index contributed by atoms with van der Waals surface area (Å²) < 4.78 is 5.47. The Hall–Kier alpha value is -3.49. The molecule has 2 unspecified atom stereocenters. The molecule has 0 radical (unpaired) electrons. The summed E-state index contributed by atoms with van der Waals surface area (Å²) in [5, 5.41) is 13.8. The quantitative estimate of drug-likeness (QED) is 0.626. The first-order chi connectivity index (χ1) is 13.3. The number of aromatic nitrogens is 1. The zero-order valence-corrected chi connectivity index (χ0v) is 15.7. The van der Waals surface area contributed by atoms with Gasteiger partial charge in [0.1, 0.15) is 6.04 Å². The predicted octanol–water partition coefficient (Wildman–Crippen LogP) is 2.69. The lowest BCUT2D eigenvalue weighted by Crippen LogP contribution is -2.53. The van der Waals surface area contributed by atoms with Crippen LogP contribution in [-0.2, 0) is 16.0 Å². The minimum atomic E-state index is -0.946. The van der Waals surface area contributed by atoms with Crippen molar-refractivity contribution < 1.29 is 19.2 Å². The van der Waals surface area contributed by atoms with Crippen molar-refractivity contribution in [3.05, 3.63) is 52.1 Å². The van der Waals surface area contributed by atoms with Crippen molar-refractivity contribution >= 4 is 29.1 Å². The van der Waals surface area contributed by atoms with Crippen LogP contribution in [0.1, 0.15) is 26.3 Å². The predicted molar refractivity (Wildman–Crippen MR) is 102 cm³/mol. The number of nitro groups is 1. The first-order valence-electron chi connectivity index (χ1n) is 8.86. The van der Waals surface area contributed by atoms with Gasteiger partial charge in [0.05, 0.1) is 0 Å². The van der Waals surface area contributed by atoms with Gasteiger partial charge in [-0.2, -0.15) is 0 Å². The van der Waals surface area contributed by atoms with Crippen molar-refractivity contribution in [2.45, 2.75) is 39.3 Å². The zero-order chi connectivity index (χ0) is 20.4. The van der Waals surface area contributed by atoms with E-state index in [1.165, 1.54) is 19.1 Å². The first-order valence-corrected chi connectivity index (χ1v) is 8.86. The Labute approximate surface area is 161 Å². The van der Waals surface area contributed by atoms with E-state index in [1.54, 1.807) is 19.1 Å². The summed E-state index contributed by atoms with van der Waals surface area (Å²) in [4.78, 5) is 40.9. The van der Waals surface area contributed by atoms with Gasteiger partial charge in [-0.15, -0.1) is 0 Å². The average Bonchev–Trinajstić information content (AvgIpc) is 2.68. The van der Waals surface area contributed by atoms with Gasteiger partial charge in [-0.05, 0) is 53.9 Å². The Morgan fingerprint density at radius 2 is 2.00 bits per heavy atom. The van der Waals surface area contributed by atoms with Crippen LogP contribution in [-0.4, -0.2) is 33.9 Å². The molecule has 146 valence electrons. The standard InChI is InChI=1S/C19H20N4O5/c1-4-13-5-7-14(8-6-13)20-18(24)11(2)22-17-15(28-12(3)19(22)25)9-10-16(21-17)23(26)27/h5-12H,4H2,1-3H3,(H,20,24). The fourth-order valence-electron chi connectivity index (χ4n) is 2.90. The Morgan fingerprint density at radius 1 is 1.32 bits per heavy atom. The number of amides is 2. The number of aryl methyl sites for hydroxylation is 1. The molecule has 28 heavy (non-hydrogen) atoms. The smallest absolute Gasteiger partial charge is 0.366 e. The Balaban J connectivity index is 1.89. The molecule has 0 saturated heterocycles. The Morgan fingerprint density at radius 3 is 2.61 bits per heavy atom. The lowest BCUT2D eigenvalue weighted by molar-refractivity contribution is -0.389. The van der Waals surface area contributed by atoms with Crippen LogP contribution in [0.4, 0.5) is 17.3 Å². The number of pyridine rings is 1.